The number of hydrogen-bond acceptors (Lipinski definition) is 4. The van der Waals surface area contributed by atoms with E-state index >= 15 is 0 Å². The number of nitrogens with zero attached hydrogens (tertiary/aromatic N) is 2. The van der Waals surface area contributed by atoms with Crippen LogP contribution in [0.4, 0.5) is 5.69 Å². The van der Waals surface area contributed by atoms with Gasteiger partial charge in [0.25, 0.3) is 5.91 Å². The molecule has 0 saturated carbocycles. The lowest BCUT2D eigenvalue weighted by atomic mass is 10.0. The zero-order valence-corrected chi connectivity index (χ0v) is 11.9. The van der Waals surface area contributed by atoms with Crippen molar-refractivity contribution in [3.05, 3.63) is 64.7 Å². The Kier molecular flexibility index (Phi) is 2.94. The Hall–Kier alpha value is -2.66. The number of oxime groups is 1. The number of amides is 1. The van der Waals surface area contributed by atoms with Crippen LogP contribution in [0.3, 0.4) is 0 Å². The minimum Gasteiger partial charge on any atom is -0.410 e. The Balaban J connectivity index is 1.63. The van der Waals surface area contributed by atoms with Crippen molar-refractivity contribution in [3.8, 4) is 0 Å². The molecule has 110 valence electrons. The van der Waals surface area contributed by atoms with Crippen molar-refractivity contribution in [1.82, 2.24) is 4.90 Å². The van der Waals surface area contributed by atoms with E-state index in [1.807, 2.05) is 30.3 Å². The lowest BCUT2D eigenvalue weighted by Gasteiger charge is -2.14. The van der Waals surface area contributed by atoms with Gasteiger partial charge in [0, 0.05) is 25.2 Å². The monoisotopic (exact) mass is 293 g/mol. The molecule has 0 saturated heterocycles. The standard InChI is InChI=1S/C17H15N3O2/c21-17-16(19-22)13-7-6-12-9-20(10-14(12)15(13)18-17)8-11-4-2-1-3-5-11/h1-7,22H,8-10H2,(H,18,19,21). The first-order chi connectivity index (χ1) is 10.8. The maximum atomic E-state index is 11.8. The van der Waals surface area contributed by atoms with Crippen LogP contribution in [-0.2, 0) is 24.4 Å². The van der Waals surface area contributed by atoms with Gasteiger partial charge in [0.2, 0.25) is 0 Å². The highest BCUT2D eigenvalue weighted by Crippen LogP contribution is 2.36. The predicted molar refractivity (Wildman–Crippen MR) is 82.8 cm³/mol. The van der Waals surface area contributed by atoms with E-state index in [9.17, 15) is 4.79 Å². The molecule has 0 aromatic heterocycles. The number of nitrogens with one attached hydrogen (secondary N) is 1. The van der Waals surface area contributed by atoms with Crippen molar-refractivity contribution in [2.45, 2.75) is 19.6 Å². The minimum absolute atomic E-state index is 0.0966. The summed E-state index contributed by atoms with van der Waals surface area (Å²) in [6.07, 6.45) is 0. The van der Waals surface area contributed by atoms with Crippen molar-refractivity contribution in [2.75, 3.05) is 5.32 Å². The summed E-state index contributed by atoms with van der Waals surface area (Å²) in [6, 6.07) is 14.2. The molecule has 0 aliphatic carbocycles. The fraction of sp³-hybridized carbons (Fsp3) is 0.176. The molecule has 2 aromatic carbocycles. The van der Waals surface area contributed by atoms with Crippen LogP contribution in [0.5, 0.6) is 0 Å². The van der Waals surface area contributed by atoms with Gasteiger partial charge in [-0.1, -0.05) is 47.6 Å². The first-order valence-electron chi connectivity index (χ1n) is 7.21. The molecule has 0 unspecified atom stereocenters. The second-order valence-corrected chi connectivity index (χ2v) is 5.66. The summed E-state index contributed by atoms with van der Waals surface area (Å²) in [5.74, 6) is -0.340. The van der Waals surface area contributed by atoms with Gasteiger partial charge in [-0.25, -0.2) is 0 Å². The van der Waals surface area contributed by atoms with Gasteiger partial charge in [-0.15, -0.1) is 0 Å². The topological polar surface area (TPSA) is 64.9 Å². The number of carbonyl (C=O) groups is 1. The summed E-state index contributed by atoms with van der Waals surface area (Å²) in [4.78, 5) is 14.2. The summed E-state index contributed by atoms with van der Waals surface area (Å²) >= 11 is 0. The molecule has 5 nitrogen and oxygen atoms in total. The fourth-order valence-corrected chi connectivity index (χ4v) is 3.23. The van der Waals surface area contributed by atoms with Crippen LogP contribution in [0.1, 0.15) is 22.3 Å². The summed E-state index contributed by atoms with van der Waals surface area (Å²) in [5.41, 5.74) is 5.20. The van der Waals surface area contributed by atoms with Gasteiger partial charge >= 0.3 is 0 Å². The van der Waals surface area contributed by atoms with Gasteiger partial charge in [-0.3, -0.25) is 9.69 Å². The Morgan fingerprint density at radius 2 is 1.95 bits per heavy atom. The van der Waals surface area contributed by atoms with Gasteiger partial charge in [-0.05, 0) is 16.7 Å². The van der Waals surface area contributed by atoms with Crippen molar-refractivity contribution in [2.24, 2.45) is 5.16 Å². The molecular weight excluding hydrogens is 278 g/mol. The molecule has 0 radical (unpaired) electrons. The van der Waals surface area contributed by atoms with E-state index in [4.69, 9.17) is 5.21 Å². The molecule has 0 bridgehead atoms. The van der Waals surface area contributed by atoms with E-state index < -0.39 is 0 Å². The Morgan fingerprint density at radius 3 is 2.73 bits per heavy atom. The average Bonchev–Trinajstić information content (AvgIpc) is 3.07. The molecule has 2 aliphatic rings. The lowest BCUT2D eigenvalue weighted by molar-refractivity contribution is -0.110. The van der Waals surface area contributed by atoms with E-state index in [2.05, 4.69) is 27.5 Å². The lowest BCUT2D eigenvalue weighted by Crippen LogP contribution is -2.16. The smallest absolute Gasteiger partial charge is 0.278 e. The highest BCUT2D eigenvalue weighted by Gasteiger charge is 2.32. The first kappa shape index (κ1) is 13.0. The molecule has 0 atom stereocenters. The molecule has 2 heterocycles. The fourth-order valence-electron chi connectivity index (χ4n) is 3.23. The molecular formula is C17H15N3O2. The second-order valence-electron chi connectivity index (χ2n) is 5.66. The summed E-state index contributed by atoms with van der Waals surface area (Å²) < 4.78 is 0. The quantitative estimate of drug-likeness (QED) is 0.660. The van der Waals surface area contributed by atoms with Gasteiger partial charge in [0.05, 0.1) is 5.69 Å². The van der Waals surface area contributed by atoms with Gasteiger partial charge in [0.15, 0.2) is 5.71 Å². The van der Waals surface area contributed by atoms with Crippen molar-refractivity contribution < 1.29 is 10.0 Å². The van der Waals surface area contributed by atoms with Crippen molar-refractivity contribution in [1.29, 1.82) is 0 Å². The van der Waals surface area contributed by atoms with Crippen LogP contribution in [0.25, 0.3) is 0 Å². The molecule has 0 spiro atoms. The SMILES string of the molecule is O=C1Nc2c(ccc3c2CN(Cc2ccccc2)C3)/C1=N/O. The normalized spacial score (nSPS) is 18.4. The highest BCUT2D eigenvalue weighted by molar-refractivity contribution is 6.53. The maximum Gasteiger partial charge on any atom is 0.278 e. The van der Waals surface area contributed by atoms with E-state index in [0.29, 0.717) is 5.56 Å². The third-order valence-electron chi connectivity index (χ3n) is 4.24. The number of benzene rings is 2. The van der Waals surface area contributed by atoms with Crippen LogP contribution >= 0.6 is 0 Å². The van der Waals surface area contributed by atoms with Crippen LogP contribution in [0.15, 0.2) is 47.6 Å². The zero-order chi connectivity index (χ0) is 15.1. The number of hydrogen-bond donors (Lipinski definition) is 2. The van der Waals surface area contributed by atoms with E-state index in [0.717, 1.165) is 30.9 Å². The molecule has 1 amide bonds. The molecule has 2 N–H and O–H groups in total. The van der Waals surface area contributed by atoms with Crippen LogP contribution in [0.2, 0.25) is 0 Å². The third kappa shape index (κ3) is 1.98. The highest BCUT2D eigenvalue weighted by atomic mass is 16.4. The molecule has 4 rings (SSSR count). The van der Waals surface area contributed by atoms with E-state index in [1.165, 1.54) is 11.1 Å². The van der Waals surface area contributed by atoms with Crippen molar-refractivity contribution in [3.63, 3.8) is 0 Å². The van der Waals surface area contributed by atoms with Gasteiger partial charge in [-0.2, -0.15) is 0 Å². The second kappa shape index (κ2) is 4.96. The molecule has 2 aliphatic heterocycles. The number of fused-ring (bicyclic) bond motifs is 3. The van der Waals surface area contributed by atoms with Gasteiger partial charge < -0.3 is 10.5 Å². The summed E-state index contributed by atoms with van der Waals surface area (Å²) in [7, 11) is 0. The van der Waals surface area contributed by atoms with Crippen molar-refractivity contribution >= 4 is 17.3 Å². The largest absolute Gasteiger partial charge is 0.410 e. The third-order valence-corrected chi connectivity index (χ3v) is 4.24. The molecule has 0 fully saturated rings. The zero-order valence-electron chi connectivity index (χ0n) is 11.9. The predicted octanol–water partition coefficient (Wildman–Crippen LogP) is 2.33. The Labute approximate surface area is 127 Å². The van der Waals surface area contributed by atoms with Crippen LogP contribution in [0, 0.1) is 0 Å². The number of carbonyl (C=O) groups excluding carboxylic acids is 1. The maximum absolute atomic E-state index is 11.8. The minimum atomic E-state index is -0.340. The molecule has 2 aromatic rings. The van der Waals surface area contributed by atoms with Crippen LogP contribution < -0.4 is 5.32 Å². The van der Waals surface area contributed by atoms with E-state index in [-0.39, 0.29) is 11.6 Å². The number of rotatable bonds is 2. The van der Waals surface area contributed by atoms with Crippen LogP contribution in [-0.4, -0.2) is 21.7 Å². The van der Waals surface area contributed by atoms with E-state index in [1.54, 1.807) is 0 Å². The summed E-state index contributed by atoms with van der Waals surface area (Å²) in [5, 5.41) is 14.9. The first-order valence-corrected chi connectivity index (χ1v) is 7.21. The Bertz CT molecular complexity index is 784. The Morgan fingerprint density at radius 1 is 1.14 bits per heavy atom. The number of anilines is 1. The molecule has 22 heavy (non-hydrogen) atoms. The average molecular weight is 293 g/mol. The van der Waals surface area contributed by atoms with Gasteiger partial charge in [0.1, 0.15) is 0 Å². The summed E-state index contributed by atoms with van der Waals surface area (Å²) in [6.45, 7) is 2.52. The molecule has 5 heteroatoms.